The Bertz CT molecular complexity index is 1090. The van der Waals surface area contributed by atoms with Gasteiger partial charge in [-0.15, -0.1) is 0 Å². The molecule has 0 aromatic heterocycles. The van der Waals surface area contributed by atoms with Crippen molar-refractivity contribution in [2.75, 3.05) is 13.1 Å². The van der Waals surface area contributed by atoms with Crippen LogP contribution in [0.5, 0.6) is 0 Å². The molecule has 0 aliphatic carbocycles. The van der Waals surface area contributed by atoms with Crippen LogP contribution >= 0.6 is 0 Å². The average Bonchev–Trinajstić information content (AvgIpc) is 3.09. The Hall–Kier alpha value is -3.40. The van der Waals surface area contributed by atoms with Gasteiger partial charge in [0.15, 0.2) is 0 Å². The molecule has 10 heteroatoms. The lowest BCUT2D eigenvalue weighted by molar-refractivity contribution is -0.140. The van der Waals surface area contributed by atoms with Crippen molar-refractivity contribution in [2.45, 2.75) is 50.4 Å². The maximum atomic E-state index is 13.2. The van der Waals surface area contributed by atoms with Crippen LogP contribution in [0.25, 0.3) is 0 Å². The highest BCUT2D eigenvalue weighted by atomic mass is 19.4. The standard InChI is InChI=1S/C25H27F3N4O3/c1-2-24(18-8-4-3-5-9-18)22(34)32(23(35)29-24)30-21(33)16-31-15-7-6-10-20(31)17-11-13-19(14-12-17)25(26,27)28/h3-5,8-9,11-14,20H,2,6-7,10,15-16H2,1H3,(H,29,35)(H,30,33). The first-order valence-electron chi connectivity index (χ1n) is 11.6. The molecule has 4 amide bonds. The van der Waals surface area contributed by atoms with Crippen molar-refractivity contribution in [3.8, 4) is 0 Å². The monoisotopic (exact) mass is 488 g/mol. The number of alkyl halides is 3. The zero-order valence-corrected chi connectivity index (χ0v) is 19.3. The number of urea groups is 1. The van der Waals surface area contributed by atoms with Gasteiger partial charge in [0.1, 0.15) is 5.54 Å². The van der Waals surface area contributed by atoms with Crippen molar-refractivity contribution in [1.29, 1.82) is 0 Å². The van der Waals surface area contributed by atoms with E-state index < -0.39 is 35.1 Å². The number of hydrogen-bond donors (Lipinski definition) is 2. The van der Waals surface area contributed by atoms with E-state index in [1.165, 1.54) is 12.1 Å². The average molecular weight is 489 g/mol. The summed E-state index contributed by atoms with van der Waals surface area (Å²) in [5.74, 6) is -1.12. The van der Waals surface area contributed by atoms with E-state index in [4.69, 9.17) is 0 Å². The first-order valence-corrected chi connectivity index (χ1v) is 11.6. The molecule has 2 N–H and O–H groups in total. The highest BCUT2D eigenvalue weighted by molar-refractivity contribution is 6.08. The lowest BCUT2D eigenvalue weighted by Gasteiger charge is -2.35. The number of hydrogen-bond acceptors (Lipinski definition) is 4. The number of halogens is 3. The van der Waals surface area contributed by atoms with Crippen molar-refractivity contribution >= 4 is 17.8 Å². The molecule has 2 atom stereocenters. The second-order valence-corrected chi connectivity index (χ2v) is 8.83. The van der Waals surface area contributed by atoms with E-state index in [2.05, 4.69) is 10.7 Å². The number of amides is 4. The van der Waals surface area contributed by atoms with Gasteiger partial charge in [-0.05, 0) is 49.1 Å². The fourth-order valence-electron chi connectivity index (χ4n) is 4.84. The quantitative estimate of drug-likeness (QED) is 0.600. The molecule has 2 aliphatic heterocycles. The molecule has 0 radical (unpaired) electrons. The van der Waals surface area contributed by atoms with Crippen molar-refractivity contribution in [3.63, 3.8) is 0 Å². The number of hydrazine groups is 1. The molecule has 2 aliphatic rings. The summed E-state index contributed by atoms with van der Waals surface area (Å²) >= 11 is 0. The summed E-state index contributed by atoms with van der Waals surface area (Å²) in [6, 6.07) is 12.9. The Balaban J connectivity index is 1.46. The van der Waals surface area contributed by atoms with Crippen LogP contribution in [0.15, 0.2) is 54.6 Å². The fourth-order valence-corrected chi connectivity index (χ4v) is 4.84. The summed E-state index contributed by atoms with van der Waals surface area (Å²) in [5.41, 5.74) is 1.75. The van der Waals surface area contributed by atoms with Crippen LogP contribution in [0.2, 0.25) is 0 Å². The van der Waals surface area contributed by atoms with E-state index in [9.17, 15) is 27.6 Å². The Morgan fingerprint density at radius 2 is 1.77 bits per heavy atom. The molecule has 0 spiro atoms. The molecule has 0 bridgehead atoms. The SMILES string of the molecule is CCC1(c2ccccc2)NC(=O)N(NC(=O)CN2CCCCC2c2ccc(C(F)(F)F)cc2)C1=O. The van der Waals surface area contributed by atoms with Crippen LogP contribution in [0, 0.1) is 0 Å². The molecule has 2 aromatic rings. The van der Waals surface area contributed by atoms with E-state index in [0.29, 0.717) is 30.5 Å². The van der Waals surface area contributed by atoms with E-state index >= 15 is 0 Å². The van der Waals surface area contributed by atoms with Gasteiger partial charge >= 0.3 is 12.2 Å². The van der Waals surface area contributed by atoms with Crippen molar-refractivity contribution < 1.29 is 27.6 Å². The number of likely N-dealkylation sites (tertiary alicyclic amines) is 1. The van der Waals surface area contributed by atoms with E-state index in [0.717, 1.165) is 30.0 Å². The predicted octanol–water partition coefficient (Wildman–Crippen LogP) is 4.12. The molecule has 35 heavy (non-hydrogen) atoms. The van der Waals surface area contributed by atoms with Crippen molar-refractivity contribution in [2.24, 2.45) is 0 Å². The van der Waals surface area contributed by atoms with Crippen LogP contribution in [0.3, 0.4) is 0 Å². The molecular weight excluding hydrogens is 461 g/mol. The summed E-state index contributed by atoms with van der Waals surface area (Å²) < 4.78 is 38.8. The van der Waals surface area contributed by atoms with Crippen LogP contribution in [0.1, 0.15) is 55.3 Å². The summed E-state index contributed by atoms with van der Waals surface area (Å²) in [6.07, 6.45) is -1.71. The molecule has 7 nitrogen and oxygen atoms in total. The van der Waals surface area contributed by atoms with E-state index in [-0.39, 0.29) is 12.6 Å². The largest absolute Gasteiger partial charge is 0.416 e. The highest BCUT2D eigenvalue weighted by Gasteiger charge is 2.52. The number of imide groups is 1. The topological polar surface area (TPSA) is 81.8 Å². The summed E-state index contributed by atoms with van der Waals surface area (Å²) in [7, 11) is 0. The minimum atomic E-state index is -4.42. The summed E-state index contributed by atoms with van der Waals surface area (Å²) in [4.78, 5) is 40.6. The molecule has 186 valence electrons. The molecule has 0 saturated carbocycles. The number of carbonyl (C=O) groups is 3. The molecule has 2 unspecified atom stereocenters. The third-order valence-electron chi connectivity index (χ3n) is 6.71. The van der Waals surface area contributed by atoms with Crippen LogP contribution in [0.4, 0.5) is 18.0 Å². The normalized spacial score (nSPS) is 23.3. The second-order valence-electron chi connectivity index (χ2n) is 8.83. The van der Waals surface area contributed by atoms with Gasteiger partial charge in [0.2, 0.25) is 0 Å². The van der Waals surface area contributed by atoms with Gasteiger partial charge in [-0.25, -0.2) is 4.79 Å². The van der Waals surface area contributed by atoms with Gasteiger partial charge in [0.05, 0.1) is 12.1 Å². The van der Waals surface area contributed by atoms with Gasteiger partial charge in [0.25, 0.3) is 11.8 Å². The lowest BCUT2D eigenvalue weighted by atomic mass is 9.87. The van der Waals surface area contributed by atoms with E-state index in [1.54, 1.807) is 37.3 Å². The third kappa shape index (κ3) is 4.88. The Morgan fingerprint density at radius 1 is 1.09 bits per heavy atom. The second kappa shape index (κ2) is 9.69. The number of rotatable bonds is 6. The number of benzene rings is 2. The van der Waals surface area contributed by atoms with E-state index in [1.807, 2.05) is 4.90 Å². The lowest BCUT2D eigenvalue weighted by Crippen LogP contribution is -2.51. The molecular formula is C25H27F3N4O3. The van der Waals surface area contributed by atoms with Crippen molar-refractivity contribution in [3.05, 3.63) is 71.3 Å². The van der Waals surface area contributed by atoms with Gasteiger partial charge in [-0.2, -0.15) is 18.2 Å². The van der Waals surface area contributed by atoms with Crippen molar-refractivity contribution in [1.82, 2.24) is 20.7 Å². The number of piperidine rings is 1. The predicted molar refractivity (Wildman–Crippen MR) is 122 cm³/mol. The number of carbonyl (C=O) groups excluding carboxylic acids is 3. The van der Waals surface area contributed by atoms with Crippen LogP contribution < -0.4 is 10.7 Å². The molecule has 2 aromatic carbocycles. The minimum absolute atomic E-state index is 0.104. The molecule has 2 fully saturated rings. The first kappa shape index (κ1) is 24.7. The van der Waals surface area contributed by atoms with Gasteiger partial charge < -0.3 is 5.32 Å². The zero-order valence-electron chi connectivity index (χ0n) is 19.3. The molecule has 2 saturated heterocycles. The smallest absolute Gasteiger partial charge is 0.318 e. The van der Waals surface area contributed by atoms with Gasteiger partial charge in [-0.1, -0.05) is 55.8 Å². The maximum absolute atomic E-state index is 13.2. The fraction of sp³-hybridized carbons (Fsp3) is 0.400. The Kier molecular flexibility index (Phi) is 6.84. The summed E-state index contributed by atoms with van der Waals surface area (Å²) in [5, 5.41) is 3.43. The third-order valence-corrected chi connectivity index (χ3v) is 6.71. The van der Waals surface area contributed by atoms with Gasteiger partial charge in [-0.3, -0.25) is 19.9 Å². The van der Waals surface area contributed by atoms with Gasteiger partial charge in [0, 0.05) is 6.04 Å². The van der Waals surface area contributed by atoms with Crippen LogP contribution in [-0.2, 0) is 21.3 Å². The zero-order chi connectivity index (χ0) is 25.2. The minimum Gasteiger partial charge on any atom is -0.318 e. The highest BCUT2D eigenvalue weighted by Crippen LogP contribution is 2.34. The molecule has 4 rings (SSSR count). The number of nitrogens with zero attached hydrogens (tertiary/aromatic N) is 2. The summed E-state index contributed by atoms with van der Waals surface area (Å²) in [6.45, 7) is 2.24. The van der Waals surface area contributed by atoms with Crippen LogP contribution in [-0.4, -0.2) is 40.8 Å². The maximum Gasteiger partial charge on any atom is 0.416 e. The Labute approximate surface area is 201 Å². The molecule has 2 heterocycles. The number of nitrogens with one attached hydrogen (secondary N) is 2. The first-order chi connectivity index (χ1) is 16.7. The Morgan fingerprint density at radius 3 is 2.40 bits per heavy atom.